The average molecular weight is 425 g/mol. The fourth-order valence-electron chi connectivity index (χ4n) is 3.50. The summed E-state index contributed by atoms with van der Waals surface area (Å²) in [5.74, 6) is 1.88. The van der Waals surface area contributed by atoms with Crippen molar-refractivity contribution in [3.05, 3.63) is 89.4 Å². The van der Waals surface area contributed by atoms with Gasteiger partial charge in [-0.1, -0.05) is 35.9 Å². The Balaban J connectivity index is 1.46. The largest absolute Gasteiger partial charge is 0.457 e. The number of nitriles is 1. The third-order valence-corrected chi connectivity index (χ3v) is 5.42. The van der Waals surface area contributed by atoms with E-state index in [2.05, 4.69) is 6.07 Å². The summed E-state index contributed by atoms with van der Waals surface area (Å²) in [5.41, 5.74) is 3.24. The monoisotopic (exact) mass is 424 g/mol. The molecule has 1 unspecified atom stereocenters. The van der Waals surface area contributed by atoms with Gasteiger partial charge in [0.25, 0.3) is 0 Å². The van der Waals surface area contributed by atoms with Crippen LogP contribution in [-0.4, -0.2) is 4.98 Å². The first kappa shape index (κ1) is 19.2. The highest BCUT2D eigenvalue weighted by atomic mass is 35.5. The highest BCUT2D eigenvalue weighted by molar-refractivity contribution is 6.31. The molecule has 0 aliphatic heterocycles. The highest BCUT2D eigenvalue weighted by Crippen LogP contribution is 2.32. The maximum Gasteiger partial charge on any atom is 0.153 e. The second kappa shape index (κ2) is 7.79. The number of fused-ring (bicyclic) bond motifs is 2. The fraction of sp³-hybridized carbons (Fsp3) is 0.0769. The first-order valence-corrected chi connectivity index (χ1v) is 10.2. The molecular formula is C26H17ClN2O2. The number of rotatable bonds is 4. The van der Waals surface area contributed by atoms with Crippen LogP contribution in [0.5, 0.6) is 11.5 Å². The number of halogens is 1. The molecular weight excluding hydrogens is 408 g/mol. The van der Waals surface area contributed by atoms with Gasteiger partial charge in [-0.15, -0.1) is 0 Å². The minimum Gasteiger partial charge on any atom is -0.457 e. The van der Waals surface area contributed by atoms with Gasteiger partial charge in [0.1, 0.15) is 22.8 Å². The number of benzene rings is 3. The van der Waals surface area contributed by atoms with E-state index in [9.17, 15) is 0 Å². The predicted molar refractivity (Wildman–Crippen MR) is 123 cm³/mol. The molecule has 0 aliphatic carbocycles. The smallest absolute Gasteiger partial charge is 0.153 e. The molecule has 0 radical (unpaired) electrons. The lowest BCUT2D eigenvalue weighted by Gasteiger charge is -2.08. The van der Waals surface area contributed by atoms with Gasteiger partial charge in [-0.05, 0) is 67.1 Å². The van der Waals surface area contributed by atoms with Crippen LogP contribution in [0.3, 0.4) is 0 Å². The van der Waals surface area contributed by atoms with E-state index in [1.165, 1.54) is 0 Å². The molecule has 2 aromatic heterocycles. The molecule has 0 saturated heterocycles. The minimum absolute atomic E-state index is 0.188. The fourth-order valence-corrected chi connectivity index (χ4v) is 3.66. The van der Waals surface area contributed by atoms with E-state index in [1.807, 2.05) is 85.8 Å². The van der Waals surface area contributed by atoms with Crippen molar-refractivity contribution in [3.63, 3.8) is 0 Å². The summed E-state index contributed by atoms with van der Waals surface area (Å²) in [5, 5.41) is 11.7. The van der Waals surface area contributed by atoms with E-state index >= 15 is 0 Å². The molecule has 0 N–H and O–H groups in total. The lowest BCUT2D eigenvalue weighted by molar-refractivity contribution is 0.482. The Morgan fingerprint density at radius 1 is 0.935 bits per heavy atom. The number of furan rings is 1. The van der Waals surface area contributed by atoms with Gasteiger partial charge in [0, 0.05) is 15.8 Å². The molecule has 0 aliphatic rings. The molecule has 5 aromatic rings. The number of aromatic nitrogens is 1. The van der Waals surface area contributed by atoms with E-state index in [1.54, 1.807) is 0 Å². The summed E-state index contributed by atoms with van der Waals surface area (Å²) in [6.45, 7) is 1.87. The molecule has 0 fully saturated rings. The third kappa shape index (κ3) is 3.84. The van der Waals surface area contributed by atoms with E-state index < -0.39 is 0 Å². The van der Waals surface area contributed by atoms with E-state index in [0.29, 0.717) is 22.3 Å². The van der Waals surface area contributed by atoms with Crippen molar-refractivity contribution in [3.8, 4) is 29.0 Å². The van der Waals surface area contributed by atoms with Crippen LogP contribution in [0.2, 0.25) is 5.02 Å². The quantitative estimate of drug-likeness (QED) is 0.296. The first-order valence-electron chi connectivity index (χ1n) is 9.87. The summed E-state index contributed by atoms with van der Waals surface area (Å²) in [6, 6.07) is 27.1. The van der Waals surface area contributed by atoms with Gasteiger partial charge in [-0.3, -0.25) is 0 Å². The maximum atomic E-state index is 9.14. The number of ether oxygens (including phenoxy) is 1. The SMILES string of the molecule is CC(C#N)c1cccc(Oc2ccc3oc(-c4ccc5ccc(Cl)cc5n4)cc3c2)c1. The zero-order valence-corrected chi connectivity index (χ0v) is 17.4. The second-order valence-corrected chi connectivity index (χ2v) is 7.81. The van der Waals surface area contributed by atoms with Crippen molar-refractivity contribution >= 4 is 33.5 Å². The molecule has 0 bridgehead atoms. The molecule has 1 atom stereocenters. The molecule has 0 amide bonds. The molecule has 150 valence electrons. The summed E-state index contributed by atoms with van der Waals surface area (Å²) in [4.78, 5) is 4.69. The summed E-state index contributed by atoms with van der Waals surface area (Å²) >= 11 is 6.11. The van der Waals surface area contributed by atoms with Crippen molar-refractivity contribution in [2.45, 2.75) is 12.8 Å². The zero-order chi connectivity index (χ0) is 21.4. The molecule has 5 heteroatoms. The first-order chi connectivity index (χ1) is 15.1. The van der Waals surface area contributed by atoms with Crippen LogP contribution in [0.4, 0.5) is 0 Å². The Morgan fingerprint density at radius 3 is 2.65 bits per heavy atom. The van der Waals surface area contributed by atoms with Gasteiger partial charge in [0.05, 0.1) is 17.5 Å². The molecule has 31 heavy (non-hydrogen) atoms. The van der Waals surface area contributed by atoms with E-state index in [-0.39, 0.29) is 5.92 Å². The number of hydrogen-bond donors (Lipinski definition) is 0. The van der Waals surface area contributed by atoms with Crippen molar-refractivity contribution in [2.75, 3.05) is 0 Å². The van der Waals surface area contributed by atoms with Crippen molar-refractivity contribution < 1.29 is 9.15 Å². The van der Waals surface area contributed by atoms with E-state index in [0.717, 1.165) is 33.1 Å². The normalized spacial score (nSPS) is 12.0. The summed E-state index contributed by atoms with van der Waals surface area (Å²) < 4.78 is 12.0. The van der Waals surface area contributed by atoms with Crippen LogP contribution in [-0.2, 0) is 0 Å². The van der Waals surface area contributed by atoms with Crippen LogP contribution in [0.25, 0.3) is 33.3 Å². The average Bonchev–Trinajstić information content (AvgIpc) is 3.21. The predicted octanol–water partition coefficient (Wildman–Crippen LogP) is 7.72. The van der Waals surface area contributed by atoms with Crippen molar-refractivity contribution in [1.29, 1.82) is 5.26 Å². The lowest BCUT2D eigenvalue weighted by atomic mass is 10.0. The number of pyridine rings is 1. The maximum absolute atomic E-state index is 9.14. The van der Waals surface area contributed by atoms with Gasteiger partial charge in [0.15, 0.2) is 5.76 Å². The molecule has 3 aromatic carbocycles. The summed E-state index contributed by atoms with van der Waals surface area (Å²) in [7, 11) is 0. The van der Waals surface area contributed by atoms with Crippen LogP contribution in [0.1, 0.15) is 18.4 Å². The van der Waals surface area contributed by atoms with Crippen molar-refractivity contribution in [1.82, 2.24) is 4.98 Å². The topological polar surface area (TPSA) is 59.0 Å². The standard InChI is InChI=1S/C26H17ClN2O2/c1-16(15-28)18-3-2-4-21(11-18)30-22-8-10-25-19(12-22)13-26(31-25)23-9-6-17-5-7-20(27)14-24(17)29-23/h2-14,16H,1H3. The number of nitrogens with zero attached hydrogens (tertiary/aromatic N) is 2. The Labute approximate surface area is 184 Å². The van der Waals surface area contributed by atoms with Gasteiger partial charge in [0.2, 0.25) is 0 Å². The second-order valence-electron chi connectivity index (χ2n) is 7.37. The van der Waals surface area contributed by atoms with Gasteiger partial charge in [-0.25, -0.2) is 4.98 Å². The Hall–Kier alpha value is -3.81. The highest BCUT2D eigenvalue weighted by Gasteiger charge is 2.11. The minimum atomic E-state index is -0.188. The summed E-state index contributed by atoms with van der Waals surface area (Å²) in [6.07, 6.45) is 0. The Kier molecular flexibility index (Phi) is 4.82. The molecule has 0 saturated carbocycles. The zero-order valence-electron chi connectivity index (χ0n) is 16.7. The van der Waals surface area contributed by atoms with Gasteiger partial charge in [-0.2, -0.15) is 5.26 Å². The lowest BCUT2D eigenvalue weighted by Crippen LogP contribution is -1.90. The van der Waals surface area contributed by atoms with Gasteiger partial charge < -0.3 is 9.15 Å². The Morgan fingerprint density at radius 2 is 1.77 bits per heavy atom. The number of hydrogen-bond acceptors (Lipinski definition) is 4. The van der Waals surface area contributed by atoms with E-state index in [4.69, 9.17) is 31.0 Å². The Bertz CT molecular complexity index is 1470. The molecule has 0 spiro atoms. The van der Waals surface area contributed by atoms with Crippen LogP contribution in [0.15, 0.2) is 83.3 Å². The van der Waals surface area contributed by atoms with Crippen molar-refractivity contribution in [2.24, 2.45) is 0 Å². The van der Waals surface area contributed by atoms with Crippen LogP contribution >= 0.6 is 11.6 Å². The molecule has 5 rings (SSSR count). The molecule has 4 nitrogen and oxygen atoms in total. The third-order valence-electron chi connectivity index (χ3n) is 5.18. The van der Waals surface area contributed by atoms with Crippen LogP contribution in [0, 0.1) is 11.3 Å². The molecule has 2 heterocycles. The van der Waals surface area contributed by atoms with Gasteiger partial charge >= 0.3 is 0 Å². The van der Waals surface area contributed by atoms with Crippen LogP contribution < -0.4 is 4.74 Å².